The quantitative estimate of drug-likeness (QED) is 0.827. The van der Waals surface area contributed by atoms with Crippen molar-refractivity contribution in [2.75, 3.05) is 6.54 Å². The molecule has 0 aliphatic heterocycles. The maximum absolute atomic E-state index is 11.9. The summed E-state index contributed by atoms with van der Waals surface area (Å²) >= 11 is 0. The second kappa shape index (κ2) is 5.58. The fourth-order valence-electron chi connectivity index (χ4n) is 1.63. The molecule has 0 spiro atoms. The molecule has 1 aliphatic rings. The molecule has 1 amide bonds. The van der Waals surface area contributed by atoms with Crippen molar-refractivity contribution >= 4 is 16.3 Å². The number of hydrogen-bond acceptors (Lipinski definition) is 3. The Bertz CT molecular complexity index is 540. The molecule has 0 radical (unpaired) electrons. The van der Waals surface area contributed by atoms with Crippen molar-refractivity contribution in [2.24, 2.45) is 5.92 Å². The predicted molar refractivity (Wildman–Crippen MR) is 69.7 cm³/mol. The van der Waals surface area contributed by atoms with E-state index in [0.29, 0.717) is 22.3 Å². The second-order valence-corrected chi connectivity index (χ2v) is 6.25. The first-order valence-electron chi connectivity index (χ1n) is 6.03. The average Bonchev–Trinajstić information content (AvgIpc) is 3.18. The molecule has 7 heteroatoms. The molecule has 2 N–H and O–H groups in total. The molecule has 0 atom stereocenters. The fraction of sp³-hybridized carbons (Fsp3) is 0.417. The fourth-order valence-corrected chi connectivity index (χ4v) is 2.75. The summed E-state index contributed by atoms with van der Waals surface area (Å²) in [6.07, 6.45) is 0.509. The Kier molecular flexibility index (Phi) is 4.06. The summed E-state index contributed by atoms with van der Waals surface area (Å²) in [5.74, 6) is 0.349. The molecule has 1 aliphatic carbocycles. The van der Waals surface area contributed by atoms with E-state index in [1.54, 1.807) is 30.3 Å². The van der Waals surface area contributed by atoms with Crippen molar-refractivity contribution in [1.29, 1.82) is 0 Å². The van der Waals surface area contributed by atoms with E-state index in [1.807, 2.05) is 0 Å². The van der Waals surface area contributed by atoms with Crippen LogP contribution in [0.15, 0.2) is 30.3 Å². The monoisotopic (exact) mass is 284 g/mol. The highest BCUT2D eigenvalue weighted by Gasteiger charge is 2.30. The summed E-state index contributed by atoms with van der Waals surface area (Å²) in [5.41, 5.74) is 0.627. The van der Waals surface area contributed by atoms with Crippen LogP contribution in [-0.2, 0) is 16.8 Å². The van der Waals surface area contributed by atoms with Gasteiger partial charge in [-0.1, -0.05) is 30.3 Å². The molecule has 0 aromatic heterocycles. The molecule has 1 fully saturated rings. The molecule has 0 heterocycles. The molecule has 1 aromatic rings. The van der Waals surface area contributed by atoms with Gasteiger partial charge in [0.15, 0.2) is 0 Å². The maximum atomic E-state index is 11.9. The number of carbonyl (C=O) groups is 1. The summed E-state index contributed by atoms with van der Waals surface area (Å²) in [5, 5.41) is 9.06. The van der Waals surface area contributed by atoms with Crippen LogP contribution in [0.1, 0.15) is 18.4 Å². The molecular formula is C12H16N2O4S. The van der Waals surface area contributed by atoms with E-state index in [1.165, 1.54) is 0 Å². The highest BCUT2D eigenvalue weighted by atomic mass is 32.2. The highest BCUT2D eigenvalue weighted by Crippen LogP contribution is 2.28. The van der Waals surface area contributed by atoms with E-state index < -0.39 is 16.3 Å². The summed E-state index contributed by atoms with van der Waals surface area (Å²) in [6.45, 7) is 0.122. The van der Waals surface area contributed by atoms with E-state index in [-0.39, 0.29) is 6.54 Å². The van der Waals surface area contributed by atoms with Gasteiger partial charge in [-0.3, -0.25) is 0 Å². The van der Waals surface area contributed by atoms with Crippen molar-refractivity contribution in [3.8, 4) is 0 Å². The van der Waals surface area contributed by atoms with Crippen LogP contribution >= 0.6 is 0 Å². The zero-order chi connectivity index (χ0) is 13.9. The third kappa shape index (κ3) is 3.93. The first-order chi connectivity index (χ1) is 8.99. The van der Waals surface area contributed by atoms with Crippen LogP contribution in [0.4, 0.5) is 4.79 Å². The molecule has 1 aromatic carbocycles. The van der Waals surface area contributed by atoms with Crippen LogP contribution in [0.3, 0.4) is 0 Å². The minimum Gasteiger partial charge on any atom is -0.464 e. The number of nitrogens with zero attached hydrogens (tertiary/aromatic N) is 1. The average molecular weight is 284 g/mol. The van der Waals surface area contributed by atoms with Crippen LogP contribution in [0.2, 0.25) is 0 Å². The molecule has 0 saturated heterocycles. The third-order valence-corrected chi connectivity index (χ3v) is 4.32. The number of hydrogen-bond donors (Lipinski definition) is 2. The summed E-state index contributed by atoms with van der Waals surface area (Å²) in [7, 11) is -3.99. The summed E-state index contributed by atoms with van der Waals surface area (Å²) < 4.78 is 26.7. The van der Waals surface area contributed by atoms with Gasteiger partial charge in [-0.25, -0.2) is 4.79 Å². The minimum absolute atomic E-state index is 0.184. The second-order valence-electron chi connectivity index (χ2n) is 4.57. The Hall–Kier alpha value is -1.60. The lowest BCUT2D eigenvalue weighted by atomic mass is 10.2. The maximum Gasteiger partial charge on any atom is 0.422 e. The number of nitrogens with one attached hydrogen (secondary N) is 1. The molecule has 0 bridgehead atoms. The number of carboxylic acid groups (broad SMARTS) is 1. The Balaban J connectivity index is 2.07. The standard InChI is InChI=1S/C12H16N2O4S/c15-12(16)14(9-11-4-2-1-3-5-11)19(17,18)13-8-10-6-7-10/h1-5,10,13H,6-9H2,(H,15,16). The van der Waals surface area contributed by atoms with Crippen LogP contribution < -0.4 is 4.72 Å². The number of rotatable bonds is 6. The zero-order valence-electron chi connectivity index (χ0n) is 10.3. The van der Waals surface area contributed by atoms with Gasteiger partial charge in [0.2, 0.25) is 0 Å². The Labute approximate surface area is 112 Å². The first-order valence-corrected chi connectivity index (χ1v) is 7.47. The van der Waals surface area contributed by atoms with E-state index in [4.69, 9.17) is 5.11 Å². The minimum atomic E-state index is -3.99. The van der Waals surface area contributed by atoms with Crippen molar-refractivity contribution < 1.29 is 18.3 Å². The van der Waals surface area contributed by atoms with Gasteiger partial charge in [-0.2, -0.15) is 17.4 Å². The van der Waals surface area contributed by atoms with E-state index >= 15 is 0 Å². The van der Waals surface area contributed by atoms with Gasteiger partial charge in [0.1, 0.15) is 0 Å². The van der Waals surface area contributed by atoms with Crippen LogP contribution in [-0.4, -0.2) is 30.5 Å². The van der Waals surface area contributed by atoms with Gasteiger partial charge < -0.3 is 5.11 Å². The molecular weight excluding hydrogens is 268 g/mol. The van der Waals surface area contributed by atoms with Crippen molar-refractivity contribution in [1.82, 2.24) is 9.03 Å². The zero-order valence-corrected chi connectivity index (χ0v) is 11.1. The summed E-state index contributed by atoms with van der Waals surface area (Å²) in [6, 6.07) is 8.63. The predicted octanol–water partition coefficient (Wildman–Crippen LogP) is 1.41. The Morgan fingerprint density at radius 2 is 1.95 bits per heavy atom. The first kappa shape index (κ1) is 13.8. The molecule has 6 nitrogen and oxygen atoms in total. The molecule has 19 heavy (non-hydrogen) atoms. The smallest absolute Gasteiger partial charge is 0.422 e. The van der Waals surface area contributed by atoms with Crippen molar-refractivity contribution in [3.63, 3.8) is 0 Å². The lowest BCUT2D eigenvalue weighted by molar-refractivity contribution is 0.170. The SMILES string of the molecule is O=C(O)N(Cc1ccccc1)S(=O)(=O)NCC1CC1. The van der Waals surface area contributed by atoms with E-state index in [2.05, 4.69) is 4.72 Å². The third-order valence-electron chi connectivity index (χ3n) is 2.92. The molecule has 104 valence electrons. The topological polar surface area (TPSA) is 86.7 Å². The van der Waals surface area contributed by atoms with Gasteiger partial charge >= 0.3 is 16.3 Å². The van der Waals surface area contributed by atoms with Gasteiger partial charge in [0, 0.05) is 6.54 Å². The molecule has 2 rings (SSSR count). The largest absolute Gasteiger partial charge is 0.464 e. The van der Waals surface area contributed by atoms with Gasteiger partial charge in [0.05, 0.1) is 6.54 Å². The van der Waals surface area contributed by atoms with Gasteiger partial charge in [0.25, 0.3) is 0 Å². The van der Waals surface area contributed by atoms with Gasteiger partial charge in [-0.15, -0.1) is 0 Å². The van der Waals surface area contributed by atoms with E-state index in [0.717, 1.165) is 12.8 Å². The van der Waals surface area contributed by atoms with Gasteiger partial charge in [-0.05, 0) is 24.3 Å². The van der Waals surface area contributed by atoms with Crippen LogP contribution in [0.25, 0.3) is 0 Å². The summed E-state index contributed by atoms with van der Waals surface area (Å²) in [4.78, 5) is 11.1. The highest BCUT2D eigenvalue weighted by molar-refractivity contribution is 7.87. The molecule has 1 saturated carbocycles. The lowest BCUT2D eigenvalue weighted by Crippen LogP contribution is -2.43. The molecule has 0 unspecified atom stereocenters. The normalized spacial score (nSPS) is 15.2. The Morgan fingerprint density at radius 1 is 1.32 bits per heavy atom. The lowest BCUT2D eigenvalue weighted by Gasteiger charge is -2.19. The van der Waals surface area contributed by atoms with E-state index in [9.17, 15) is 13.2 Å². The number of amides is 1. The van der Waals surface area contributed by atoms with Crippen LogP contribution in [0.5, 0.6) is 0 Å². The Morgan fingerprint density at radius 3 is 2.47 bits per heavy atom. The van der Waals surface area contributed by atoms with Crippen LogP contribution in [0, 0.1) is 5.92 Å². The van der Waals surface area contributed by atoms with Crippen molar-refractivity contribution in [3.05, 3.63) is 35.9 Å². The van der Waals surface area contributed by atoms with Crippen molar-refractivity contribution in [2.45, 2.75) is 19.4 Å². The number of benzene rings is 1.